The molecular formula is C26H28ClN7. The van der Waals surface area contributed by atoms with Crippen LogP contribution >= 0.6 is 11.6 Å². The van der Waals surface area contributed by atoms with Gasteiger partial charge in [-0.15, -0.1) is 0 Å². The molecule has 1 fully saturated rings. The van der Waals surface area contributed by atoms with Crippen LogP contribution in [0.25, 0.3) is 16.8 Å². The minimum atomic E-state index is -0.0617. The molecule has 0 unspecified atom stereocenters. The second-order valence-corrected chi connectivity index (χ2v) is 9.82. The number of benzene rings is 1. The van der Waals surface area contributed by atoms with Crippen molar-refractivity contribution in [1.29, 1.82) is 0 Å². The van der Waals surface area contributed by atoms with Gasteiger partial charge in [0.05, 0.1) is 39.9 Å². The molecule has 1 saturated heterocycles. The Labute approximate surface area is 204 Å². The Morgan fingerprint density at radius 3 is 2.56 bits per heavy atom. The topological polar surface area (TPSA) is 75.6 Å². The van der Waals surface area contributed by atoms with Gasteiger partial charge in [0.15, 0.2) is 5.82 Å². The molecule has 2 aliphatic rings. The summed E-state index contributed by atoms with van der Waals surface area (Å²) >= 11 is 6.63. The van der Waals surface area contributed by atoms with Crippen molar-refractivity contribution in [3.05, 3.63) is 70.8 Å². The van der Waals surface area contributed by atoms with Crippen LogP contribution in [0.1, 0.15) is 35.8 Å². The standard InChI is InChI=1S/C26H28ClN7/c1-16-22(27)19(8-12-29-16)23-17(2)31-25(21-9-13-30-34(21)23)33-14-10-26(11-15-33)24(28)18-6-4-5-7-20(18)32(26)3/h4-9,12-13,24H,10-11,14-15,28H2,1-3H3/t24-/m1/s1. The van der Waals surface area contributed by atoms with Crippen molar-refractivity contribution >= 4 is 28.6 Å². The average Bonchev–Trinajstić information content (AvgIpc) is 3.41. The summed E-state index contributed by atoms with van der Waals surface area (Å²) in [5, 5.41) is 5.28. The lowest BCUT2D eigenvalue weighted by atomic mass is 9.80. The van der Waals surface area contributed by atoms with Gasteiger partial charge in [-0.1, -0.05) is 29.8 Å². The number of fused-ring (bicyclic) bond motifs is 2. The summed E-state index contributed by atoms with van der Waals surface area (Å²) < 4.78 is 1.96. The van der Waals surface area contributed by atoms with Crippen LogP contribution in [0.2, 0.25) is 5.02 Å². The van der Waals surface area contributed by atoms with Crippen molar-refractivity contribution in [1.82, 2.24) is 19.6 Å². The molecule has 34 heavy (non-hydrogen) atoms. The molecular weight excluding hydrogens is 446 g/mol. The number of aryl methyl sites for hydroxylation is 2. The van der Waals surface area contributed by atoms with Crippen molar-refractivity contribution in [2.24, 2.45) is 5.73 Å². The molecule has 1 atom stereocenters. The van der Waals surface area contributed by atoms with Gasteiger partial charge in [0.2, 0.25) is 0 Å². The average molecular weight is 474 g/mol. The Hall–Kier alpha value is -3.16. The van der Waals surface area contributed by atoms with E-state index in [0.717, 1.165) is 59.9 Å². The number of hydrogen-bond donors (Lipinski definition) is 1. The highest BCUT2D eigenvalue weighted by molar-refractivity contribution is 6.33. The lowest BCUT2D eigenvalue weighted by molar-refractivity contribution is 0.285. The molecule has 1 spiro atoms. The summed E-state index contributed by atoms with van der Waals surface area (Å²) in [7, 11) is 2.19. The van der Waals surface area contributed by atoms with Crippen molar-refractivity contribution in [2.45, 2.75) is 38.3 Å². The number of anilines is 2. The van der Waals surface area contributed by atoms with E-state index in [1.807, 2.05) is 36.7 Å². The van der Waals surface area contributed by atoms with Crippen LogP contribution in [-0.2, 0) is 0 Å². The number of nitrogens with zero attached hydrogens (tertiary/aromatic N) is 6. The summed E-state index contributed by atoms with van der Waals surface area (Å²) in [5.74, 6) is 0.960. The predicted octanol–water partition coefficient (Wildman–Crippen LogP) is 4.55. The predicted molar refractivity (Wildman–Crippen MR) is 137 cm³/mol. The number of halogens is 1. The van der Waals surface area contributed by atoms with E-state index in [1.165, 1.54) is 11.3 Å². The van der Waals surface area contributed by atoms with E-state index in [4.69, 9.17) is 22.3 Å². The molecule has 1 aromatic carbocycles. The van der Waals surface area contributed by atoms with Gasteiger partial charge in [-0.3, -0.25) is 4.98 Å². The van der Waals surface area contributed by atoms with E-state index in [-0.39, 0.29) is 11.6 Å². The summed E-state index contributed by atoms with van der Waals surface area (Å²) in [5.41, 5.74) is 13.7. The number of para-hydroxylation sites is 1. The van der Waals surface area contributed by atoms with Crippen LogP contribution < -0.4 is 15.5 Å². The van der Waals surface area contributed by atoms with Gasteiger partial charge in [0.25, 0.3) is 0 Å². The minimum Gasteiger partial charge on any atom is -0.367 e. The van der Waals surface area contributed by atoms with Gasteiger partial charge in [0, 0.05) is 37.6 Å². The Morgan fingerprint density at radius 2 is 1.79 bits per heavy atom. The number of rotatable bonds is 2. The third kappa shape index (κ3) is 2.90. The molecule has 8 heteroatoms. The monoisotopic (exact) mass is 473 g/mol. The van der Waals surface area contributed by atoms with Crippen molar-refractivity contribution in [3.63, 3.8) is 0 Å². The first-order valence-electron chi connectivity index (χ1n) is 11.7. The first kappa shape index (κ1) is 21.4. The first-order valence-corrected chi connectivity index (χ1v) is 12.1. The number of aromatic nitrogens is 4. The highest BCUT2D eigenvalue weighted by Crippen LogP contribution is 2.49. The molecule has 5 heterocycles. The summed E-state index contributed by atoms with van der Waals surface area (Å²) in [6, 6.07) is 12.5. The molecule has 0 bridgehead atoms. The zero-order valence-electron chi connectivity index (χ0n) is 19.7. The van der Waals surface area contributed by atoms with Gasteiger partial charge >= 0.3 is 0 Å². The molecule has 0 aliphatic carbocycles. The number of hydrogen-bond acceptors (Lipinski definition) is 6. The van der Waals surface area contributed by atoms with Crippen molar-refractivity contribution in [3.8, 4) is 11.3 Å². The smallest absolute Gasteiger partial charge is 0.155 e. The van der Waals surface area contributed by atoms with E-state index >= 15 is 0 Å². The Bertz CT molecular complexity index is 1370. The van der Waals surface area contributed by atoms with E-state index in [2.05, 4.69) is 51.2 Å². The van der Waals surface area contributed by atoms with Gasteiger partial charge in [-0.25, -0.2) is 9.50 Å². The third-order valence-electron chi connectivity index (χ3n) is 7.83. The maximum Gasteiger partial charge on any atom is 0.155 e. The molecule has 4 aromatic rings. The van der Waals surface area contributed by atoms with E-state index in [9.17, 15) is 0 Å². The summed E-state index contributed by atoms with van der Waals surface area (Å²) in [6.45, 7) is 5.70. The van der Waals surface area contributed by atoms with Crippen LogP contribution in [0.15, 0.2) is 48.8 Å². The van der Waals surface area contributed by atoms with Crippen molar-refractivity contribution < 1.29 is 0 Å². The highest BCUT2D eigenvalue weighted by atomic mass is 35.5. The number of pyridine rings is 1. The van der Waals surface area contributed by atoms with Gasteiger partial charge < -0.3 is 15.5 Å². The maximum absolute atomic E-state index is 6.83. The van der Waals surface area contributed by atoms with Crippen LogP contribution in [0.4, 0.5) is 11.5 Å². The molecule has 2 aliphatic heterocycles. The molecule has 0 saturated carbocycles. The maximum atomic E-state index is 6.83. The molecule has 3 aromatic heterocycles. The van der Waals surface area contributed by atoms with Crippen LogP contribution in [0, 0.1) is 13.8 Å². The number of piperidine rings is 1. The van der Waals surface area contributed by atoms with Crippen LogP contribution in [0.3, 0.4) is 0 Å². The van der Waals surface area contributed by atoms with Gasteiger partial charge in [-0.2, -0.15) is 5.10 Å². The minimum absolute atomic E-state index is 0.0139. The van der Waals surface area contributed by atoms with E-state index in [0.29, 0.717) is 5.02 Å². The normalized spacial score (nSPS) is 19.3. The van der Waals surface area contributed by atoms with E-state index < -0.39 is 0 Å². The fraction of sp³-hybridized carbons (Fsp3) is 0.346. The highest BCUT2D eigenvalue weighted by Gasteiger charge is 2.49. The Kier molecular flexibility index (Phi) is 4.83. The quantitative estimate of drug-likeness (QED) is 0.460. The molecule has 6 rings (SSSR count). The number of likely N-dealkylation sites (N-methyl/N-ethyl adjacent to an activating group) is 1. The van der Waals surface area contributed by atoms with Crippen LogP contribution in [0.5, 0.6) is 0 Å². The zero-order chi connectivity index (χ0) is 23.6. The molecule has 2 N–H and O–H groups in total. The number of nitrogens with two attached hydrogens (primary N) is 1. The summed E-state index contributed by atoms with van der Waals surface area (Å²) in [4.78, 5) is 14.2. The molecule has 7 nitrogen and oxygen atoms in total. The Morgan fingerprint density at radius 1 is 1.03 bits per heavy atom. The van der Waals surface area contributed by atoms with E-state index in [1.54, 1.807) is 6.20 Å². The Balaban J connectivity index is 1.36. The third-order valence-corrected chi connectivity index (χ3v) is 8.30. The summed E-state index contributed by atoms with van der Waals surface area (Å²) in [6.07, 6.45) is 5.55. The van der Waals surface area contributed by atoms with Gasteiger partial charge in [-0.05, 0) is 50.5 Å². The molecule has 0 amide bonds. The molecule has 174 valence electrons. The van der Waals surface area contributed by atoms with Gasteiger partial charge in [0.1, 0.15) is 5.52 Å². The SMILES string of the molecule is Cc1nccc(-c2c(C)nc(N3CCC4(CC3)[C@H](N)c3ccccc3N4C)c3ccnn23)c1Cl. The lowest BCUT2D eigenvalue weighted by Gasteiger charge is -2.47. The largest absolute Gasteiger partial charge is 0.367 e. The lowest BCUT2D eigenvalue weighted by Crippen LogP contribution is -2.56. The van der Waals surface area contributed by atoms with Crippen molar-refractivity contribution in [2.75, 3.05) is 29.9 Å². The fourth-order valence-electron chi connectivity index (χ4n) is 5.89. The fourth-order valence-corrected chi connectivity index (χ4v) is 6.09. The zero-order valence-corrected chi connectivity index (χ0v) is 20.4. The van der Waals surface area contributed by atoms with Crippen LogP contribution in [-0.4, -0.2) is 45.3 Å². The molecule has 0 radical (unpaired) electrons. The second kappa shape index (κ2) is 7.68. The second-order valence-electron chi connectivity index (χ2n) is 9.44. The first-order chi connectivity index (χ1) is 16.4.